The van der Waals surface area contributed by atoms with E-state index in [2.05, 4.69) is 10.3 Å². The number of hydrogen-bond acceptors (Lipinski definition) is 4. The summed E-state index contributed by atoms with van der Waals surface area (Å²) < 4.78 is 5.35. The predicted octanol–water partition coefficient (Wildman–Crippen LogP) is 1.08. The average molecular weight is 346 g/mol. The van der Waals surface area contributed by atoms with Gasteiger partial charge in [0.15, 0.2) is 0 Å². The van der Waals surface area contributed by atoms with Gasteiger partial charge in [0, 0.05) is 51.0 Å². The SMILES string of the molecule is CCCNC(=O)N1CC(C(=O)N2CCOCC2)[C@H](c2ccncc2)C1. The Morgan fingerprint density at radius 3 is 2.60 bits per heavy atom. The van der Waals surface area contributed by atoms with E-state index in [4.69, 9.17) is 4.74 Å². The molecule has 1 aromatic heterocycles. The number of likely N-dealkylation sites (tertiary alicyclic amines) is 1. The molecule has 2 aliphatic rings. The number of hydrogen-bond donors (Lipinski definition) is 1. The topological polar surface area (TPSA) is 74.8 Å². The summed E-state index contributed by atoms with van der Waals surface area (Å²) in [5.74, 6) is -0.0884. The van der Waals surface area contributed by atoms with E-state index in [1.165, 1.54) is 0 Å². The van der Waals surface area contributed by atoms with Gasteiger partial charge in [-0.1, -0.05) is 6.92 Å². The molecular formula is C18H26N4O3. The molecule has 0 spiro atoms. The van der Waals surface area contributed by atoms with Gasteiger partial charge in [0.1, 0.15) is 0 Å². The lowest BCUT2D eigenvalue weighted by Crippen LogP contribution is -2.45. The third kappa shape index (κ3) is 4.10. The number of nitrogens with zero attached hydrogens (tertiary/aromatic N) is 3. The maximum absolute atomic E-state index is 13.1. The molecule has 2 atom stereocenters. The van der Waals surface area contributed by atoms with Crippen molar-refractivity contribution < 1.29 is 14.3 Å². The van der Waals surface area contributed by atoms with E-state index >= 15 is 0 Å². The normalized spacial score (nSPS) is 23.6. The lowest BCUT2D eigenvalue weighted by Gasteiger charge is -2.30. The number of aromatic nitrogens is 1. The standard InChI is InChI=1S/C18H26N4O3/c1-2-5-20-18(24)22-12-15(14-3-6-19-7-4-14)16(13-22)17(23)21-8-10-25-11-9-21/h3-4,6-7,15-16H,2,5,8-13H2,1H3,(H,20,24)/t15-,16?/m0/s1. The summed E-state index contributed by atoms with van der Waals surface area (Å²) in [4.78, 5) is 33.2. The van der Waals surface area contributed by atoms with Crippen LogP contribution in [0.5, 0.6) is 0 Å². The summed E-state index contributed by atoms with van der Waals surface area (Å²) in [7, 11) is 0. The summed E-state index contributed by atoms with van der Waals surface area (Å²) in [6.45, 7) is 6.10. The lowest BCUT2D eigenvalue weighted by atomic mass is 9.88. The first kappa shape index (κ1) is 17.7. The first-order chi connectivity index (χ1) is 12.2. The first-order valence-corrected chi connectivity index (χ1v) is 9.00. The van der Waals surface area contributed by atoms with Gasteiger partial charge in [-0.3, -0.25) is 9.78 Å². The Kier molecular flexibility index (Phi) is 5.86. The molecule has 7 nitrogen and oxygen atoms in total. The van der Waals surface area contributed by atoms with E-state index in [0.29, 0.717) is 45.9 Å². The van der Waals surface area contributed by atoms with Crippen LogP contribution in [-0.2, 0) is 9.53 Å². The van der Waals surface area contributed by atoms with E-state index in [1.54, 1.807) is 17.3 Å². The zero-order valence-corrected chi connectivity index (χ0v) is 14.7. The van der Waals surface area contributed by atoms with Crippen molar-refractivity contribution in [2.24, 2.45) is 5.92 Å². The highest BCUT2D eigenvalue weighted by atomic mass is 16.5. The third-order valence-corrected chi connectivity index (χ3v) is 4.91. The van der Waals surface area contributed by atoms with E-state index in [9.17, 15) is 9.59 Å². The maximum atomic E-state index is 13.1. The zero-order valence-electron chi connectivity index (χ0n) is 14.7. The highest BCUT2D eigenvalue weighted by molar-refractivity contribution is 5.83. The molecule has 3 rings (SSSR count). The summed E-state index contributed by atoms with van der Waals surface area (Å²) in [5.41, 5.74) is 1.06. The molecule has 2 fully saturated rings. The van der Waals surface area contributed by atoms with Crippen molar-refractivity contribution >= 4 is 11.9 Å². The minimum atomic E-state index is -0.215. The number of pyridine rings is 1. The van der Waals surface area contributed by atoms with E-state index in [-0.39, 0.29) is 23.8 Å². The molecule has 25 heavy (non-hydrogen) atoms. The fourth-order valence-corrected chi connectivity index (χ4v) is 3.53. The van der Waals surface area contributed by atoms with Gasteiger partial charge in [0.05, 0.1) is 19.1 Å². The monoisotopic (exact) mass is 346 g/mol. The van der Waals surface area contributed by atoms with Crippen LogP contribution in [0.1, 0.15) is 24.8 Å². The van der Waals surface area contributed by atoms with Crippen LogP contribution < -0.4 is 5.32 Å². The molecule has 0 radical (unpaired) electrons. The van der Waals surface area contributed by atoms with Crippen molar-refractivity contribution in [1.82, 2.24) is 20.1 Å². The van der Waals surface area contributed by atoms with Gasteiger partial charge < -0.3 is 19.9 Å². The fourth-order valence-electron chi connectivity index (χ4n) is 3.53. The second-order valence-electron chi connectivity index (χ2n) is 6.57. The van der Waals surface area contributed by atoms with Crippen LogP contribution in [0.3, 0.4) is 0 Å². The smallest absolute Gasteiger partial charge is 0.317 e. The second kappa shape index (κ2) is 8.29. The molecule has 2 saturated heterocycles. The van der Waals surface area contributed by atoms with Crippen LogP contribution in [0.4, 0.5) is 4.79 Å². The minimum Gasteiger partial charge on any atom is -0.378 e. The second-order valence-corrected chi connectivity index (χ2v) is 6.57. The van der Waals surface area contributed by atoms with Gasteiger partial charge in [-0.25, -0.2) is 4.79 Å². The van der Waals surface area contributed by atoms with Crippen LogP contribution in [0.25, 0.3) is 0 Å². The lowest BCUT2D eigenvalue weighted by molar-refractivity contribution is -0.139. The van der Waals surface area contributed by atoms with Crippen LogP contribution in [-0.4, -0.2) is 72.7 Å². The van der Waals surface area contributed by atoms with Crippen LogP contribution in [0.2, 0.25) is 0 Å². The molecule has 0 aliphatic carbocycles. The number of nitrogens with one attached hydrogen (secondary N) is 1. The van der Waals surface area contributed by atoms with Gasteiger partial charge in [-0.2, -0.15) is 0 Å². The number of morpholine rings is 1. The van der Waals surface area contributed by atoms with Crippen molar-refractivity contribution in [3.05, 3.63) is 30.1 Å². The van der Waals surface area contributed by atoms with Crippen molar-refractivity contribution in [3.63, 3.8) is 0 Å². The molecule has 1 aromatic rings. The van der Waals surface area contributed by atoms with Crippen molar-refractivity contribution in [2.45, 2.75) is 19.3 Å². The van der Waals surface area contributed by atoms with Gasteiger partial charge >= 0.3 is 6.03 Å². The Morgan fingerprint density at radius 1 is 1.20 bits per heavy atom. The Bertz CT molecular complexity index is 589. The van der Waals surface area contributed by atoms with Gasteiger partial charge in [-0.05, 0) is 24.1 Å². The molecule has 1 unspecified atom stereocenters. The van der Waals surface area contributed by atoms with E-state index in [1.807, 2.05) is 24.0 Å². The fraction of sp³-hybridized carbons (Fsp3) is 0.611. The van der Waals surface area contributed by atoms with Crippen LogP contribution in [0, 0.1) is 5.92 Å². The molecule has 136 valence electrons. The zero-order chi connectivity index (χ0) is 17.6. The van der Waals surface area contributed by atoms with Crippen molar-refractivity contribution in [2.75, 3.05) is 45.9 Å². The molecule has 7 heteroatoms. The summed E-state index contributed by atoms with van der Waals surface area (Å²) in [6.07, 6.45) is 4.38. The number of ether oxygens (including phenoxy) is 1. The highest BCUT2D eigenvalue weighted by Crippen LogP contribution is 2.34. The Balaban J connectivity index is 1.76. The number of rotatable bonds is 4. The minimum absolute atomic E-state index is 0.00530. The Morgan fingerprint density at radius 2 is 1.92 bits per heavy atom. The quantitative estimate of drug-likeness (QED) is 0.885. The van der Waals surface area contributed by atoms with E-state index in [0.717, 1.165) is 12.0 Å². The number of carbonyl (C=O) groups excluding carboxylic acids is 2. The Hall–Kier alpha value is -2.15. The molecule has 2 aliphatic heterocycles. The van der Waals surface area contributed by atoms with Gasteiger partial charge in [-0.15, -0.1) is 0 Å². The first-order valence-electron chi connectivity index (χ1n) is 9.00. The molecular weight excluding hydrogens is 320 g/mol. The largest absolute Gasteiger partial charge is 0.378 e. The maximum Gasteiger partial charge on any atom is 0.317 e. The summed E-state index contributed by atoms with van der Waals surface area (Å²) >= 11 is 0. The van der Waals surface area contributed by atoms with Crippen LogP contribution >= 0.6 is 0 Å². The molecule has 1 N–H and O–H groups in total. The molecule has 0 bridgehead atoms. The average Bonchev–Trinajstić information content (AvgIpc) is 3.12. The van der Waals surface area contributed by atoms with Crippen molar-refractivity contribution in [3.8, 4) is 0 Å². The summed E-state index contributed by atoms with van der Waals surface area (Å²) in [6, 6.07) is 3.80. The third-order valence-electron chi connectivity index (χ3n) is 4.91. The summed E-state index contributed by atoms with van der Waals surface area (Å²) in [5, 5.41) is 2.92. The molecule has 0 saturated carbocycles. The van der Waals surface area contributed by atoms with E-state index < -0.39 is 0 Å². The highest BCUT2D eigenvalue weighted by Gasteiger charge is 2.42. The molecule has 0 aromatic carbocycles. The number of carbonyl (C=O) groups is 2. The molecule has 3 heterocycles. The number of amides is 3. The predicted molar refractivity (Wildman–Crippen MR) is 93.1 cm³/mol. The number of urea groups is 1. The van der Waals surface area contributed by atoms with Gasteiger partial charge in [0.25, 0.3) is 0 Å². The van der Waals surface area contributed by atoms with Crippen molar-refractivity contribution in [1.29, 1.82) is 0 Å². The molecule has 3 amide bonds. The van der Waals surface area contributed by atoms with Crippen LogP contribution in [0.15, 0.2) is 24.5 Å². The van der Waals surface area contributed by atoms with Gasteiger partial charge in [0.2, 0.25) is 5.91 Å². The Labute approximate surface area is 148 Å².